The topological polar surface area (TPSA) is 52.3 Å². The van der Waals surface area contributed by atoms with E-state index in [0.717, 1.165) is 6.07 Å². The fourth-order valence-electron chi connectivity index (χ4n) is 1.76. The van der Waals surface area contributed by atoms with Gasteiger partial charge in [0.15, 0.2) is 11.6 Å². The Hall–Kier alpha value is -2.43. The minimum absolute atomic E-state index is 0.0140. The smallest absolute Gasteiger partial charge is 0.338 e. The van der Waals surface area contributed by atoms with Crippen molar-refractivity contribution in [1.82, 2.24) is 0 Å². The quantitative estimate of drug-likeness (QED) is 0.692. The van der Waals surface area contributed by atoms with Gasteiger partial charge in [-0.05, 0) is 30.7 Å². The lowest BCUT2D eigenvalue weighted by atomic mass is 10.1. The van der Waals surface area contributed by atoms with Crippen LogP contribution in [0.4, 0.5) is 14.5 Å². The molecule has 20 heavy (non-hydrogen) atoms. The Kier molecular flexibility index (Phi) is 3.98. The second-order valence-corrected chi connectivity index (χ2v) is 4.31. The Morgan fingerprint density at radius 2 is 1.90 bits per heavy atom. The average Bonchev–Trinajstić information content (AvgIpc) is 2.43. The Labute approximate surface area is 115 Å². The van der Waals surface area contributed by atoms with E-state index in [0.29, 0.717) is 16.8 Å². The number of carbonyl (C=O) groups is 1. The van der Waals surface area contributed by atoms with Crippen molar-refractivity contribution in [3.63, 3.8) is 0 Å². The Bertz CT molecular complexity index is 656. The van der Waals surface area contributed by atoms with Crippen LogP contribution in [0.3, 0.4) is 0 Å². The number of nitrogen functional groups attached to an aromatic ring is 1. The number of hydrogen-bond donors (Lipinski definition) is 1. The van der Waals surface area contributed by atoms with Gasteiger partial charge in [-0.2, -0.15) is 0 Å². The van der Waals surface area contributed by atoms with E-state index in [1.165, 1.54) is 12.1 Å². The van der Waals surface area contributed by atoms with Crippen LogP contribution in [0.1, 0.15) is 21.5 Å². The maximum absolute atomic E-state index is 13.4. The molecule has 0 saturated heterocycles. The van der Waals surface area contributed by atoms with Crippen LogP contribution in [0, 0.1) is 18.6 Å². The molecule has 0 fully saturated rings. The highest BCUT2D eigenvalue weighted by atomic mass is 19.2. The van der Waals surface area contributed by atoms with Gasteiger partial charge in [0.05, 0.1) is 5.56 Å². The van der Waals surface area contributed by atoms with Crippen LogP contribution in [0.2, 0.25) is 0 Å². The molecule has 2 aromatic carbocycles. The molecule has 0 aliphatic rings. The molecule has 0 heterocycles. The van der Waals surface area contributed by atoms with E-state index in [1.807, 2.05) is 0 Å². The molecule has 0 unspecified atom stereocenters. The highest BCUT2D eigenvalue weighted by Crippen LogP contribution is 2.18. The zero-order valence-electron chi connectivity index (χ0n) is 10.8. The van der Waals surface area contributed by atoms with Crippen molar-refractivity contribution in [2.24, 2.45) is 0 Å². The van der Waals surface area contributed by atoms with E-state index in [9.17, 15) is 13.6 Å². The summed E-state index contributed by atoms with van der Waals surface area (Å²) < 4.78 is 31.4. The van der Waals surface area contributed by atoms with Crippen LogP contribution >= 0.6 is 0 Å². The van der Waals surface area contributed by atoms with Crippen molar-refractivity contribution in [3.05, 3.63) is 64.7 Å². The summed E-state index contributed by atoms with van der Waals surface area (Å²) in [6, 6.07) is 8.57. The highest BCUT2D eigenvalue weighted by Gasteiger charge is 2.14. The van der Waals surface area contributed by atoms with Gasteiger partial charge >= 0.3 is 5.97 Å². The summed E-state index contributed by atoms with van der Waals surface area (Å²) in [7, 11) is 0. The summed E-state index contributed by atoms with van der Waals surface area (Å²) in [6.45, 7) is 1.35. The van der Waals surface area contributed by atoms with E-state index in [4.69, 9.17) is 10.5 Å². The third kappa shape index (κ3) is 2.77. The summed E-state index contributed by atoms with van der Waals surface area (Å²) >= 11 is 0. The van der Waals surface area contributed by atoms with E-state index in [1.54, 1.807) is 25.1 Å². The van der Waals surface area contributed by atoms with Crippen molar-refractivity contribution in [2.75, 3.05) is 5.73 Å². The number of carbonyl (C=O) groups excluding carboxylic acids is 1. The van der Waals surface area contributed by atoms with E-state index in [-0.39, 0.29) is 12.2 Å². The van der Waals surface area contributed by atoms with Crippen molar-refractivity contribution >= 4 is 11.7 Å². The van der Waals surface area contributed by atoms with Crippen molar-refractivity contribution in [3.8, 4) is 0 Å². The molecule has 0 aliphatic carbocycles. The molecule has 0 radical (unpaired) electrons. The summed E-state index contributed by atoms with van der Waals surface area (Å²) in [5.41, 5.74) is 7.05. The molecule has 3 nitrogen and oxygen atoms in total. The van der Waals surface area contributed by atoms with Gasteiger partial charge in [-0.3, -0.25) is 0 Å². The standard InChI is InChI=1S/C15H13F2NO2/c1-9-11(5-3-7-13(9)18)15(19)20-8-10-4-2-6-12(16)14(10)17/h2-7H,8,18H2,1H3. The van der Waals surface area contributed by atoms with Gasteiger partial charge in [-0.25, -0.2) is 13.6 Å². The molecule has 0 aliphatic heterocycles. The maximum atomic E-state index is 13.4. The summed E-state index contributed by atoms with van der Waals surface area (Å²) in [6.07, 6.45) is 0. The number of halogens is 2. The Morgan fingerprint density at radius 3 is 2.65 bits per heavy atom. The molecular weight excluding hydrogens is 264 g/mol. The van der Waals surface area contributed by atoms with Gasteiger partial charge in [0, 0.05) is 11.3 Å². The predicted molar refractivity (Wildman–Crippen MR) is 71.1 cm³/mol. The first-order chi connectivity index (χ1) is 9.50. The second kappa shape index (κ2) is 5.69. The average molecular weight is 277 g/mol. The first kappa shape index (κ1) is 14.0. The van der Waals surface area contributed by atoms with Gasteiger partial charge in [-0.15, -0.1) is 0 Å². The molecule has 2 rings (SSSR count). The maximum Gasteiger partial charge on any atom is 0.338 e. The van der Waals surface area contributed by atoms with E-state index >= 15 is 0 Å². The third-order valence-corrected chi connectivity index (χ3v) is 2.99. The van der Waals surface area contributed by atoms with Crippen molar-refractivity contribution in [2.45, 2.75) is 13.5 Å². The number of esters is 1. The molecule has 104 valence electrons. The van der Waals surface area contributed by atoms with Crippen LogP contribution in [0.5, 0.6) is 0 Å². The van der Waals surface area contributed by atoms with Gasteiger partial charge in [-0.1, -0.05) is 18.2 Å². The lowest BCUT2D eigenvalue weighted by molar-refractivity contribution is 0.0467. The SMILES string of the molecule is Cc1c(N)cccc1C(=O)OCc1cccc(F)c1F. The molecule has 2 N–H and O–H groups in total. The van der Waals surface area contributed by atoms with Crippen LogP contribution in [-0.4, -0.2) is 5.97 Å². The summed E-state index contributed by atoms with van der Waals surface area (Å²) in [5, 5.41) is 0. The number of hydrogen-bond acceptors (Lipinski definition) is 3. The van der Waals surface area contributed by atoms with Gasteiger partial charge < -0.3 is 10.5 Å². The number of rotatable bonds is 3. The van der Waals surface area contributed by atoms with Gasteiger partial charge in [0.1, 0.15) is 6.61 Å². The summed E-state index contributed by atoms with van der Waals surface area (Å²) in [5.74, 6) is -2.61. The van der Waals surface area contributed by atoms with Gasteiger partial charge in [0.25, 0.3) is 0 Å². The molecule has 0 aromatic heterocycles. The molecule has 0 bridgehead atoms. The van der Waals surface area contributed by atoms with Crippen LogP contribution in [-0.2, 0) is 11.3 Å². The number of nitrogens with two attached hydrogens (primary N) is 1. The van der Waals surface area contributed by atoms with Crippen LogP contribution in [0.15, 0.2) is 36.4 Å². The number of ether oxygens (including phenoxy) is 1. The molecule has 0 saturated carbocycles. The predicted octanol–water partition coefficient (Wildman–Crippen LogP) is 3.21. The Balaban J connectivity index is 2.13. The van der Waals surface area contributed by atoms with Crippen LogP contribution in [0.25, 0.3) is 0 Å². The van der Waals surface area contributed by atoms with E-state index in [2.05, 4.69) is 0 Å². The first-order valence-electron chi connectivity index (χ1n) is 5.96. The lowest BCUT2D eigenvalue weighted by Crippen LogP contribution is -2.09. The largest absolute Gasteiger partial charge is 0.457 e. The lowest BCUT2D eigenvalue weighted by Gasteiger charge is -2.09. The minimum Gasteiger partial charge on any atom is -0.457 e. The molecule has 0 atom stereocenters. The molecular formula is C15H13F2NO2. The zero-order chi connectivity index (χ0) is 14.7. The fourth-order valence-corrected chi connectivity index (χ4v) is 1.76. The summed E-state index contributed by atoms with van der Waals surface area (Å²) in [4.78, 5) is 11.9. The third-order valence-electron chi connectivity index (χ3n) is 2.99. The molecule has 5 heteroatoms. The second-order valence-electron chi connectivity index (χ2n) is 4.31. The van der Waals surface area contributed by atoms with Crippen LogP contribution < -0.4 is 5.73 Å². The monoisotopic (exact) mass is 277 g/mol. The zero-order valence-corrected chi connectivity index (χ0v) is 10.8. The van der Waals surface area contributed by atoms with E-state index < -0.39 is 17.6 Å². The van der Waals surface area contributed by atoms with Crippen molar-refractivity contribution in [1.29, 1.82) is 0 Å². The number of anilines is 1. The highest BCUT2D eigenvalue weighted by molar-refractivity contribution is 5.92. The van der Waals surface area contributed by atoms with Gasteiger partial charge in [0.2, 0.25) is 0 Å². The molecule has 2 aromatic rings. The fraction of sp³-hybridized carbons (Fsp3) is 0.133. The molecule has 0 amide bonds. The minimum atomic E-state index is -1.01. The Morgan fingerprint density at radius 1 is 1.20 bits per heavy atom. The van der Waals surface area contributed by atoms with Crippen molar-refractivity contribution < 1.29 is 18.3 Å². The normalized spacial score (nSPS) is 10.3. The molecule has 0 spiro atoms. The number of benzene rings is 2. The first-order valence-corrected chi connectivity index (χ1v) is 5.96.